The average Bonchev–Trinajstić information content (AvgIpc) is 2.08. The van der Waals surface area contributed by atoms with Gasteiger partial charge in [0.15, 0.2) is 0 Å². The maximum absolute atomic E-state index is 13.1. The van der Waals surface area contributed by atoms with Gasteiger partial charge in [-0.05, 0) is 25.2 Å². The van der Waals surface area contributed by atoms with Crippen LogP contribution in [0.2, 0.25) is 5.02 Å². The number of hydrogen-bond donors (Lipinski definition) is 2. The Balaban J connectivity index is 3.04. The lowest BCUT2D eigenvalue weighted by Gasteiger charge is -2.10. The van der Waals surface area contributed by atoms with E-state index in [-0.39, 0.29) is 11.2 Å². The first-order valence-corrected chi connectivity index (χ1v) is 4.35. The summed E-state index contributed by atoms with van der Waals surface area (Å²) in [4.78, 5) is 0. The van der Waals surface area contributed by atoms with Gasteiger partial charge in [0.05, 0.1) is 5.37 Å². The third-order valence-electron chi connectivity index (χ3n) is 1.53. The van der Waals surface area contributed by atoms with E-state index in [9.17, 15) is 4.39 Å². The summed E-state index contributed by atoms with van der Waals surface area (Å²) in [5.74, 6) is -0.297. The molecule has 0 amide bonds. The fourth-order valence-electron chi connectivity index (χ4n) is 0.880. The van der Waals surface area contributed by atoms with Crippen LogP contribution in [0.15, 0.2) is 18.2 Å². The quantitative estimate of drug-likeness (QED) is 0.559. The monoisotopic (exact) mass is 205 g/mol. The summed E-state index contributed by atoms with van der Waals surface area (Å²) in [6.07, 6.45) is 0. The second-order valence-corrected chi connectivity index (χ2v) is 3.31. The zero-order valence-corrected chi connectivity index (χ0v) is 8.16. The molecule has 0 saturated carbocycles. The standard InChI is InChI=1S/C8H9ClFNS/c1-11-8(12)6-4-5(9)2-3-7(6)10/h2-4,8,11-12H,1H3. The van der Waals surface area contributed by atoms with E-state index in [4.69, 9.17) is 11.6 Å². The third-order valence-corrected chi connectivity index (χ3v) is 2.30. The van der Waals surface area contributed by atoms with Gasteiger partial charge in [-0.25, -0.2) is 4.39 Å². The lowest BCUT2D eigenvalue weighted by Crippen LogP contribution is -2.11. The number of halogens is 2. The lowest BCUT2D eigenvalue weighted by atomic mass is 10.2. The molecule has 1 aromatic rings. The van der Waals surface area contributed by atoms with Crippen LogP contribution in [0.3, 0.4) is 0 Å². The summed E-state index contributed by atoms with van der Waals surface area (Å²) in [5.41, 5.74) is 0.466. The highest BCUT2D eigenvalue weighted by Crippen LogP contribution is 2.23. The second kappa shape index (κ2) is 4.12. The summed E-state index contributed by atoms with van der Waals surface area (Å²) >= 11 is 9.82. The minimum absolute atomic E-state index is 0.297. The fourth-order valence-corrected chi connectivity index (χ4v) is 1.26. The van der Waals surface area contributed by atoms with Gasteiger partial charge >= 0.3 is 0 Å². The van der Waals surface area contributed by atoms with E-state index in [0.717, 1.165) is 0 Å². The first kappa shape index (κ1) is 9.84. The van der Waals surface area contributed by atoms with Crippen LogP contribution in [0.1, 0.15) is 10.9 Å². The highest BCUT2D eigenvalue weighted by molar-refractivity contribution is 7.80. The molecular formula is C8H9ClFNS. The zero-order chi connectivity index (χ0) is 9.14. The normalized spacial score (nSPS) is 13.0. The molecule has 1 aromatic carbocycles. The molecule has 0 heterocycles. The molecular weight excluding hydrogens is 197 g/mol. The van der Waals surface area contributed by atoms with Crippen LogP contribution in [0.4, 0.5) is 4.39 Å². The molecule has 1 N–H and O–H groups in total. The Labute approximate surface area is 81.3 Å². The summed E-state index contributed by atoms with van der Waals surface area (Å²) in [6, 6.07) is 4.40. The van der Waals surface area contributed by atoms with Crippen LogP contribution >= 0.6 is 24.2 Å². The fraction of sp³-hybridized carbons (Fsp3) is 0.250. The molecule has 1 nitrogen and oxygen atoms in total. The number of benzene rings is 1. The van der Waals surface area contributed by atoms with Crippen molar-refractivity contribution in [1.82, 2.24) is 5.32 Å². The highest BCUT2D eigenvalue weighted by Gasteiger charge is 2.09. The van der Waals surface area contributed by atoms with E-state index in [1.54, 1.807) is 13.1 Å². The van der Waals surface area contributed by atoms with E-state index in [1.807, 2.05) is 0 Å². The van der Waals surface area contributed by atoms with Gasteiger partial charge in [-0.15, -0.1) is 0 Å². The molecule has 0 fully saturated rings. The van der Waals surface area contributed by atoms with Crippen molar-refractivity contribution in [2.75, 3.05) is 7.05 Å². The predicted octanol–water partition coefficient (Wildman–Crippen LogP) is 2.63. The molecule has 0 aliphatic rings. The largest absolute Gasteiger partial charge is 0.305 e. The summed E-state index contributed by atoms with van der Waals surface area (Å²) in [6.45, 7) is 0. The van der Waals surface area contributed by atoms with Crippen molar-refractivity contribution >= 4 is 24.2 Å². The predicted molar refractivity (Wildman–Crippen MR) is 52.2 cm³/mol. The van der Waals surface area contributed by atoms with Gasteiger partial charge in [-0.3, -0.25) is 0 Å². The Hall–Kier alpha value is -0.250. The van der Waals surface area contributed by atoms with Crippen LogP contribution in [0.25, 0.3) is 0 Å². The van der Waals surface area contributed by atoms with Crippen LogP contribution in [-0.4, -0.2) is 7.05 Å². The lowest BCUT2D eigenvalue weighted by molar-refractivity contribution is 0.598. The van der Waals surface area contributed by atoms with Crippen LogP contribution in [-0.2, 0) is 0 Å². The van der Waals surface area contributed by atoms with E-state index in [1.165, 1.54) is 12.1 Å². The Bertz CT molecular complexity index is 280. The molecule has 0 aliphatic heterocycles. The molecule has 1 atom stereocenters. The Morgan fingerprint density at radius 1 is 1.58 bits per heavy atom. The molecule has 1 unspecified atom stereocenters. The van der Waals surface area contributed by atoms with E-state index in [2.05, 4.69) is 17.9 Å². The van der Waals surface area contributed by atoms with Gasteiger partial charge in [0.1, 0.15) is 5.82 Å². The summed E-state index contributed by atoms with van der Waals surface area (Å²) in [5, 5.41) is 3.01. The first-order valence-electron chi connectivity index (χ1n) is 3.45. The molecule has 0 bridgehead atoms. The van der Waals surface area contributed by atoms with E-state index < -0.39 is 0 Å². The minimum atomic E-state index is -0.316. The van der Waals surface area contributed by atoms with Crippen molar-refractivity contribution < 1.29 is 4.39 Å². The van der Waals surface area contributed by atoms with Crippen LogP contribution in [0.5, 0.6) is 0 Å². The number of thiol groups is 1. The summed E-state index contributed by atoms with van der Waals surface area (Å²) in [7, 11) is 1.71. The van der Waals surface area contributed by atoms with Crippen molar-refractivity contribution in [3.63, 3.8) is 0 Å². The number of hydrogen-bond acceptors (Lipinski definition) is 2. The smallest absolute Gasteiger partial charge is 0.128 e. The van der Waals surface area contributed by atoms with Gasteiger partial charge in [-0.2, -0.15) is 12.6 Å². The SMILES string of the molecule is CNC(S)c1cc(Cl)ccc1F. The van der Waals surface area contributed by atoms with Gasteiger partial charge < -0.3 is 5.32 Å². The average molecular weight is 206 g/mol. The summed E-state index contributed by atoms with van der Waals surface area (Å²) < 4.78 is 13.1. The van der Waals surface area contributed by atoms with E-state index >= 15 is 0 Å². The van der Waals surface area contributed by atoms with Crippen molar-refractivity contribution in [3.8, 4) is 0 Å². The Morgan fingerprint density at radius 2 is 2.25 bits per heavy atom. The highest BCUT2D eigenvalue weighted by atomic mass is 35.5. The molecule has 12 heavy (non-hydrogen) atoms. The molecule has 1 rings (SSSR count). The molecule has 0 saturated heterocycles. The van der Waals surface area contributed by atoms with Gasteiger partial charge in [0.2, 0.25) is 0 Å². The van der Waals surface area contributed by atoms with E-state index in [0.29, 0.717) is 10.6 Å². The van der Waals surface area contributed by atoms with Crippen molar-refractivity contribution in [2.45, 2.75) is 5.37 Å². The molecule has 4 heteroatoms. The topological polar surface area (TPSA) is 12.0 Å². The first-order chi connectivity index (χ1) is 5.65. The van der Waals surface area contributed by atoms with Gasteiger partial charge in [-0.1, -0.05) is 11.6 Å². The molecule has 0 aromatic heterocycles. The minimum Gasteiger partial charge on any atom is -0.305 e. The van der Waals surface area contributed by atoms with Crippen LogP contribution < -0.4 is 5.32 Å². The van der Waals surface area contributed by atoms with Crippen molar-refractivity contribution in [3.05, 3.63) is 34.6 Å². The second-order valence-electron chi connectivity index (χ2n) is 2.36. The number of rotatable bonds is 2. The molecule has 0 radical (unpaired) electrons. The third kappa shape index (κ3) is 2.12. The maximum atomic E-state index is 13.1. The van der Waals surface area contributed by atoms with Gasteiger partial charge in [0.25, 0.3) is 0 Å². The molecule has 0 aliphatic carbocycles. The molecule has 66 valence electrons. The van der Waals surface area contributed by atoms with Crippen molar-refractivity contribution in [2.24, 2.45) is 0 Å². The van der Waals surface area contributed by atoms with Crippen LogP contribution in [0, 0.1) is 5.82 Å². The van der Waals surface area contributed by atoms with Gasteiger partial charge in [0, 0.05) is 10.6 Å². The molecule has 0 spiro atoms. The Morgan fingerprint density at radius 3 is 2.83 bits per heavy atom. The maximum Gasteiger partial charge on any atom is 0.128 e. The number of nitrogens with one attached hydrogen (secondary N) is 1. The Kier molecular flexibility index (Phi) is 3.38. The zero-order valence-electron chi connectivity index (χ0n) is 6.51. The van der Waals surface area contributed by atoms with Crippen molar-refractivity contribution in [1.29, 1.82) is 0 Å².